The van der Waals surface area contributed by atoms with Gasteiger partial charge in [-0.2, -0.15) is 5.10 Å². The predicted molar refractivity (Wildman–Crippen MR) is 142 cm³/mol. The average Bonchev–Trinajstić information content (AvgIpc) is 3.34. The maximum absolute atomic E-state index is 12.4. The van der Waals surface area contributed by atoms with Gasteiger partial charge in [-0.15, -0.1) is 0 Å². The van der Waals surface area contributed by atoms with E-state index in [2.05, 4.69) is 25.7 Å². The van der Waals surface area contributed by atoms with E-state index in [1.54, 1.807) is 12.3 Å². The molecule has 1 fully saturated rings. The van der Waals surface area contributed by atoms with Crippen molar-refractivity contribution in [2.75, 3.05) is 56.3 Å². The Morgan fingerprint density at radius 1 is 1.11 bits per heavy atom. The van der Waals surface area contributed by atoms with Gasteiger partial charge in [0.1, 0.15) is 5.82 Å². The minimum Gasteiger partial charge on any atom is -0.395 e. The molecule has 1 aliphatic rings. The Balaban J connectivity index is 0.00000176. The second-order valence-corrected chi connectivity index (χ2v) is 8.24. The molecule has 0 unspecified atom stereocenters. The van der Waals surface area contributed by atoms with Crippen LogP contribution in [0.2, 0.25) is 0 Å². The Labute approximate surface area is 212 Å². The van der Waals surface area contributed by atoms with Gasteiger partial charge in [0.2, 0.25) is 0 Å². The molecule has 11 heteroatoms. The Hall–Kier alpha value is -3.67. The van der Waals surface area contributed by atoms with Crippen LogP contribution < -0.4 is 28.1 Å². The van der Waals surface area contributed by atoms with Crippen LogP contribution in [0.15, 0.2) is 42.7 Å². The van der Waals surface area contributed by atoms with Crippen molar-refractivity contribution in [3.8, 4) is 0 Å². The Morgan fingerprint density at radius 2 is 1.83 bits per heavy atom. The summed E-state index contributed by atoms with van der Waals surface area (Å²) in [7, 11) is 0. The number of hydrazine groups is 1. The second kappa shape index (κ2) is 13.4. The van der Waals surface area contributed by atoms with Crippen LogP contribution in [-0.4, -0.2) is 65.0 Å². The van der Waals surface area contributed by atoms with Crippen LogP contribution in [0, 0.1) is 0 Å². The van der Waals surface area contributed by atoms with Crippen LogP contribution >= 0.6 is 0 Å². The summed E-state index contributed by atoms with van der Waals surface area (Å²) in [5.74, 6) is 6.09. The zero-order valence-electron chi connectivity index (χ0n) is 21.0. The molecule has 2 aromatic heterocycles. The fourth-order valence-corrected chi connectivity index (χ4v) is 3.89. The van der Waals surface area contributed by atoms with Gasteiger partial charge in [0.15, 0.2) is 5.82 Å². The van der Waals surface area contributed by atoms with E-state index in [-0.39, 0.29) is 5.91 Å². The molecule has 0 saturated carbocycles. The summed E-state index contributed by atoms with van der Waals surface area (Å²) in [6.45, 7) is 9.37. The van der Waals surface area contributed by atoms with Crippen LogP contribution in [0.1, 0.15) is 40.9 Å². The third-order valence-corrected chi connectivity index (χ3v) is 5.76. The minimum atomic E-state index is -0.0678. The molecule has 0 spiro atoms. The number of hydrogen-bond donors (Lipinski definition) is 5. The van der Waals surface area contributed by atoms with E-state index < -0.39 is 0 Å². The minimum absolute atomic E-state index is 0.0678. The van der Waals surface area contributed by atoms with Crippen molar-refractivity contribution in [1.82, 2.24) is 25.0 Å². The number of nitrogens with zero attached hydrogens (tertiary/aromatic N) is 4. The molecule has 0 aliphatic carbocycles. The molecular formula is C25H37N9O2. The summed E-state index contributed by atoms with van der Waals surface area (Å²) >= 11 is 0. The van der Waals surface area contributed by atoms with Crippen molar-refractivity contribution in [2.24, 2.45) is 5.84 Å². The Kier molecular flexibility index (Phi) is 10.0. The summed E-state index contributed by atoms with van der Waals surface area (Å²) in [5.41, 5.74) is 18.4. The van der Waals surface area contributed by atoms with Crippen molar-refractivity contribution < 1.29 is 9.53 Å². The molecular weight excluding hydrogens is 458 g/mol. The molecule has 1 saturated heterocycles. The highest BCUT2D eigenvalue weighted by Crippen LogP contribution is 2.24. The van der Waals surface area contributed by atoms with Gasteiger partial charge >= 0.3 is 0 Å². The molecule has 194 valence electrons. The number of carbonyl (C=O) groups excluding carboxylic acids is 1. The summed E-state index contributed by atoms with van der Waals surface area (Å²) in [4.78, 5) is 18.8. The number of nitrogens with two attached hydrogens (primary N) is 3. The smallest absolute Gasteiger partial charge is 0.251 e. The second-order valence-electron chi connectivity index (χ2n) is 8.24. The Bertz CT molecular complexity index is 1110. The molecule has 3 heterocycles. The van der Waals surface area contributed by atoms with Gasteiger partial charge in [0.05, 0.1) is 31.6 Å². The van der Waals surface area contributed by atoms with Crippen molar-refractivity contribution >= 4 is 23.2 Å². The number of nitrogen functional groups attached to an aromatic ring is 3. The van der Waals surface area contributed by atoms with E-state index in [9.17, 15) is 4.79 Å². The molecule has 8 N–H and O–H groups in total. The number of aromatic nitrogens is 3. The van der Waals surface area contributed by atoms with Crippen LogP contribution in [0.5, 0.6) is 0 Å². The van der Waals surface area contributed by atoms with Gasteiger partial charge in [0, 0.05) is 44.4 Å². The fourth-order valence-electron chi connectivity index (χ4n) is 3.89. The van der Waals surface area contributed by atoms with Crippen molar-refractivity contribution in [1.29, 1.82) is 0 Å². The lowest BCUT2D eigenvalue weighted by molar-refractivity contribution is 0.0383. The van der Waals surface area contributed by atoms with Crippen LogP contribution in [-0.2, 0) is 17.7 Å². The highest BCUT2D eigenvalue weighted by Gasteiger charge is 2.12. The highest BCUT2D eigenvalue weighted by molar-refractivity contribution is 5.94. The van der Waals surface area contributed by atoms with Crippen LogP contribution in [0.4, 0.5) is 17.3 Å². The predicted octanol–water partition coefficient (Wildman–Crippen LogP) is 1.46. The average molecular weight is 496 g/mol. The lowest BCUT2D eigenvalue weighted by Gasteiger charge is -2.26. The molecule has 3 aromatic rings. The molecule has 0 radical (unpaired) electrons. The van der Waals surface area contributed by atoms with Gasteiger partial charge in [0.25, 0.3) is 5.91 Å². The van der Waals surface area contributed by atoms with E-state index in [1.165, 1.54) is 0 Å². The summed E-state index contributed by atoms with van der Waals surface area (Å²) in [6, 6.07) is 9.30. The number of amides is 1. The van der Waals surface area contributed by atoms with Gasteiger partial charge in [-0.25, -0.2) is 10.8 Å². The molecule has 0 atom stereocenters. The van der Waals surface area contributed by atoms with E-state index in [1.807, 2.05) is 49.0 Å². The quantitative estimate of drug-likeness (QED) is 0.218. The summed E-state index contributed by atoms with van der Waals surface area (Å²) < 4.78 is 7.18. The first-order valence-corrected chi connectivity index (χ1v) is 12.2. The lowest BCUT2D eigenvalue weighted by Crippen LogP contribution is -2.41. The van der Waals surface area contributed by atoms with E-state index in [4.69, 9.17) is 22.0 Å². The number of benzene rings is 1. The summed E-state index contributed by atoms with van der Waals surface area (Å²) in [5, 5.41) is 7.42. The van der Waals surface area contributed by atoms with Gasteiger partial charge in [-0.05, 0) is 34.9 Å². The number of anilines is 3. The third kappa shape index (κ3) is 7.41. The molecule has 1 aromatic carbocycles. The zero-order valence-corrected chi connectivity index (χ0v) is 21.0. The number of rotatable bonds is 9. The Morgan fingerprint density at radius 3 is 2.53 bits per heavy atom. The maximum atomic E-state index is 12.4. The molecule has 36 heavy (non-hydrogen) atoms. The monoisotopic (exact) mass is 495 g/mol. The largest absolute Gasteiger partial charge is 0.395 e. The number of morpholine rings is 1. The van der Waals surface area contributed by atoms with Crippen LogP contribution in [0.3, 0.4) is 0 Å². The van der Waals surface area contributed by atoms with Crippen molar-refractivity contribution in [3.05, 3.63) is 65.0 Å². The number of hydrogen-bond acceptors (Lipinski definition) is 9. The van der Waals surface area contributed by atoms with Crippen LogP contribution in [0.25, 0.3) is 0 Å². The number of pyridine rings is 1. The topological polar surface area (TPSA) is 162 Å². The molecule has 1 aliphatic heterocycles. The molecule has 1 amide bonds. The van der Waals surface area contributed by atoms with E-state index in [0.29, 0.717) is 42.4 Å². The fraction of sp³-hybridized carbons (Fsp3) is 0.400. The van der Waals surface area contributed by atoms with Gasteiger partial charge in [-0.1, -0.05) is 26.0 Å². The lowest BCUT2D eigenvalue weighted by atomic mass is 10.1. The first-order chi connectivity index (χ1) is 17.5. The molecule has 11 nitrogen and oxygen atoms in total. The zero-order chi connectivity index (χ0) is 25.9. The first-order valence-electron chi connectivity index (χ1n) is 12.2. The first kappa shape index (κ1) is 26.9. The van der Waals surface area contributed by atoms with Gasteiger partial charge < -0.3 is 26.9 Å². The normalized spacial score (nSPS) is 13.5. The molecule has 4 rings (SSSR count). The summed E-state index contributed by atoms with van der Waals surface area (Å²) in [6.07, 6.45) is 4.30. The number of carbonyl (C=O) groups is 1. The maximum Gasteiger partial charge on any atom is 0.251 e. The SMILES string of the molecule is CC.NNc1nc(N)cc(Cc2cnn(Cc3ccc(C(=O)NCCN4CCOCC4)cc3)c2)c1N. The molecule has 0 bridgehead atoms. The van der Waals surface area contributed by atoms with E-state index in [0.717, 1.165) is 49.5 Å². The number of nitrogens with one attached hydrogen (secondary N) is 2. The van der Waals surface area contributed by atoms with E-state index >= 15 is 0 Å². The highest BCUT2D eigenvalue weighted by atomic mass is 16.5. The van der Waals surface area contributed by atoms with Crippen molar-refractivity contribution in [2.45, 2.75) is 26.8 Å². The van der Waals surface area contributed by atoms with Gasteiger partial charge in [-0.3, -0.25) is 14.4 Å². The standard InChI is InChI=1S/C23H31N9O2.C2H6/c24-20-12-19(21(25)22(29-20)30-26)11-17-13-28-32(15-17)14-16-1-3-18(4-2-16)23(33)27-5-6-31-7-9-34-10-8-31;1-2/h1-4,12-13,15H,5-11,14,25-26H2,(H,27,33)(H3,24,29,30);1-2H3. The third-order valence-electron chi connectivity index (χ3n) is 5.76. The van der Waals surface area contributed by atoms with Crippen molar-refractivity contribution in [3.63, 3.8) is 0 Å². The number of ether oxygens (including phenoxy) is 1.